The fourth-order valence-corrected chi connectivity index (χ4v) is 5.22. The van der Waals surface area contributed by atoms with Gasteiger partial charge in [-0.2, -0.15) is 0 Å². The number of imidazole rings is 2. The number of aromatic nitrogens is 5. The summed E-state index contributed by atoms with van der Waals surface area (Å²) in [6.07, 6.45) is 5.67. The van der Waals surface area contributed by atoms with E-state index >= 15 is 0 Å². The topological polar surface area (TPSA) is 91.2 Å². The smallest absolute Gasteiger partial charge is 0.251 e. The minimum atomic E-state index is -0.0518. The van der Waals surface area contributed by atoms with Gasteiger partial charge in [0.25, 0.3) is 5.91 Å². The number of piperidine rings is 1. The lowest BCUT2D eigenvalue weighted by atomic mass is 10.0. The Morgan fingerprint density at radius 1 is 0.846 bits per heavy atom. The summed E-state index contributed by atoms with van der Waals surface area (Å²) in [6.45, 7) is 1.64. The minimum absolute atomic E-state index is 0.0518. The monoisotopic (exact) mass is 513 g/mol. The third-order valence-corrected chi connectivity index (χ3v) is 7.31. The first-order valence-electron chi connectivity index (χ1n) is 13.2. The average Bonchev–Trinajstić information content (AvgIpc) is 3.63. The molecule has 0 atom stereocenters. The number of benzene rings is 2. The second-order valence-corrected chi connectivity index (χ2v) is 9.89. The molecule has 0 spiro atoms. The van der Waals surface area contributed by atoms with Gasteiger partial charge in [0, 0.05) is 42.7 Å². The quantitative estimate of drug-likeness (QED) is 0.325. The summed E-state index contributed by atoms with van der Waals surface area (Å²) in [5, 5.41) is 3.24. The van der Waals surface area contributed by atoms with E-state index in [0.717, 1.165) is 71.2 Å². The van der Waals surface area contributed by atoms with Gasteiger partial charge in [-0.1, -0.05) is 36.4 Å². The number of amides is 1. The van der Waals surface area contributed by atoms with Gasteiger partial charge >= 0.3 is 0 Å². The minimum Gasteiger partial charge on any atom is -0.356 e. The summed E-state index contributed by atoms with van der Waals surface area (Å²) in [7, 11) is 0. The molecule has 8 nitrogen and oxygen atoms in total. The Morgan fingerprint density at radius 2 is 1.69 bits per heavy atom. The SMILES string of the molecule is O=C(NC1CCN(c2cccc(-c3nc4ccccc4[nH]3)n2)CC1)c1cccc(-c2cn3ccccc3n2)c1. The van der Waals surface area contributed by atoms with Gasteiger partial charge in [0.2, 0.25) is 0 Å². The summed E-state index contributed by atoms with van der Waals surface area (Å²) in [5.41, 5.74) is 6.06. The number of fused-ring (bicyclic) bond motifs is 2. The van der Waals surface area contributed by atoms with Crippen molar-refractivity contribution in [2.45, 2.75) is 18.9 Å². The van der Waals surface area contributed by atoms with Crippen LogP contribution in [-0.4, -0.2) is 49.4 Å². The Labute approximate surface area is 225 Å². The van der Waals surface area contributed by atoms with Crippen molar-refractivity contribution in [2.24, 2.45) is 0 Å². The van der Waals surface area contributed by atoms with E-state index in [0.29, 0.717) is 5.56 Å². The molecule has 0 aliphatic carbocycles. The molecular weight excluding hydrogens is 486 g/mol. The highest BCUT2D eigenvalue weighted by Crippen LogP contribution is 2.24. The molecule has 5 heterocycles. The number of hydrogen-bond acceptors (Lipinski definition) is 5. The Morgan fingerprint density at radius 3 is 2.56 bits per heavy atom. The van der Waals surface area contributed by atoms with Gasteiger partial charge in [0.15, 0.2) is 5.82 Å². The molecule has 0 radical (unpaired) electrons. The summed E-state index contributed by atoms with van der Waals surface area (Å²) in [6, 6.07) is 27.7. The molecule has 1 fully saturated rings. The van der Waals surface area contributed by atoms with Gasteiger partial charge in [-0.05, 0) is 61.4 Å². The van der Waals surface area contributed by atoms with Crippen LogP contribution in [0.2, 0.25) is 0 Å². The molecule has 8 heteroatoms. The molecule has 1 aliphatic rings. The van der Waals surface area contributed by atoms with Crippen LogP contribution in [0.1, 0.15) is 23.2 Å². The molecule has 192 valence electrons. The zero-order valence-corrected chi connectivity index (χ0v) is 21.3. The Hall–Kier alpha value is -4.98. The molecule has 0 saturated carbocycles. The third-order valence-electron chi connectivity index (χ3n) is 7.31. The van der Waals surface area contributed by atoms with Gasteiger partial charge in [-0.25, -0.2) is 15.0 Å². The first-order chi connectivity index (χ1) is 19.2. The molecule has 2 N–H and O–H groups in total. The lowest BCUT2D eigenvalue weighted by Gasteiger charge is -2.33. The van der Waals surface area contributed by atoms with E-state index in [4.69, 9.17) is 4.98 Å². The molecule has 0 unspecified atom stereocenters. The Balaban J connectivity index is 1.00. The van der Waals surface area contributed by atoms with Gasteiger partial charge in [0.05, 0.1) is 16.7 Å². The zero-order chi connectivity index (χ0) is 26.2. The molecular formula is C31H27N7O. The summed E-state index contributed by atoms with van der Waals surface area (Å²) in [4.78, 5) is 33.0. The number of pyridine rings is 2. The maximum atomic E-state index is 13.1. The number of aromatic amines is 1. The number of hydrogen-bond donors (Lipinski definition) is 2. The highest BCUT2D eigenvalue weighted by Gasteiger charge is 2.23. The van der Waals surface area contributed by atoms with Crippen LogP contribution in [0.5, 0.6) is 0 Å². The molecule has 7 rings (SSSR count). The van der Waals surface area contributed by atoms with Crippen LogP contribution in [0.25, 0.3) is 39.5 Å². The molecule has 0 bridgehead atoms. The number of H-pyrrole nitrogens is 1. The van der Waals surface area contributed by atoms with Crippen molar-refractivity contribution in [3.8, 4) is 22.8 Å². The zero-order valence-electron chi connectivity index (χ0n) is 21.3. The van der Waals surface area contributed by atoms with Gasteiger partial charge in [0.1, 0.15) is 17.2 Å². The standard InChI is InChI=1S/C31H27N7O/c39-31(22-8-5-7-21(19-22)27-20-38-16-4-3-12-29(38)34-27)32-23-14-17-37(18-15-23)28-13-6-11-26(33-28)30-35-24-9-1-2-10-25(24)36-30/h1-13,16,19-20,23H,14-15,17-18H2,(H,32,39)(H,35,36). The molecule has 39 heavy (non-hydrogen) atoms. The maximum absolute atomic E-state index is 13.1. The fraction of sp³-hybridized carbons (Fsp3) is 0.161. The normalized spacial score (nSPS) is 14.2. The van der Waals surface area contributed by atoms with Gasteiger partial charge < -0.3 is 19.6 Å². The molecule has 1 saturated heterocycles. The predicted molar refractivity (Wildman–Crippen MR) is 153 cm³/mol. The number of para-hydroxylation sites is 2. The molecule has 1 amide bonds. The van der Waals surface area contributed by atoms with E-state index in [-0.39, 0.29) is 11.9 Å². The number of nitrogens with one attached hydrogen (secondary N) is 2. The van der Waals surface area contributed by atoms with Gasteiger partial charge in [-0.3, -0.25) is 4.79 Å². The predicted octanol–water partition coefficient (Wildman–Crippen LogP) is 5.34. The van der Waals surface area contributed by atoms with Crippen molar-refractivity contribution in [3.63, 3.8) is 0 Å². The number of carbonyl (C=O) groups excluding carboxylic acids is 1. The third kappa shape index (κ3) is 4.61. The molecule has 2 aromatic carbocycles. The number of anilines is 1. The second kappa shape index (κ2) is 9.72. The lowest BCUT2D eigenvalue weighted by Crippen LogP contribution is -2.45. The van der Waals surface area contributed by atoms with Crippen LogP contribution < -0.4 is 10.2 Å². The highest BCUT2D eigenvalue weighted by molar-refractivity contribution is 5.95. The van der Waals surface area contributed by atoms with Crippen LogP contribution in [0, 0.1) is 0 Å². The first kappa shape index (κ1) is 23.2. The number of rotatable bonds is 5. The average molecular weight is 514 g/mol. The van der Waals surface area contributed by atoms with Crippen LogP contribution in [0.3, 0.4) is 0 Å². The van der Waals surface area contributed by atoms with Crippen LogP contribution in [0.15, 0.2) is 97.3 Å². The van der Waals surface area contributed by atoms with Crippen LogP contribution >= 0.6 is 0 Å². The maximum Gasteiger partial charge on any atom is 0.251 e. The van der Waals surface area contributed by atoms with E-state index in [9.17, 15) is 4.79 Å². The highest BCUT2D eigenvalue weighted by atomic mass is 16.1. The largest absolute Gasteiger partial charge is 0.356 e. The van der Waals surface area contributed by atoms with E-state index in [2.05, 4.69) is 25.2 Å². The summed E-state index contributed by atoms with van der Waals surface area (Å²) >= 11 is 0. The van der Waals surface area contributed by atoms with E-state index in [1.54, 1.807) is 0 Å². The van der Waals surface area contributed by atoms with Gasteiger partial charge in [-0.15, -0.1) is 0 Å². The van der Waals surface area contributed by atoms with Crippen LogP contribution in [-0.2, 0) is 0 Å². The van der Waals surface area contributed by atoms with Crippen LogP contribution in [0.4, 0.5) is 5.82 Å². The molecule has 1 aliphatic heterocycles. The van der Waals surface area contributed by atoms with Crippen molar-refractivity contribution in [1.29, 1.82) is 0 Å². The second-order valence-electron chi connectivity index (χ2n) is 9.89. The first-order valence-corrected chi connectivity index (χ1v) is 13.2. The van der Waals surface area contributed by atoms with E-state index in [1.165, 1.54) is 0 Å². The van der Waals surface area contributed by atoms with Crippen molar-refractivity contribution < 1.29 is 4.79 Å². The Kier molecular flexibility index (Phi) is 5.77. The number of carbonyl (C=O) groups is 1. The summed E-state index contributed by atoms with van der Waals surface area (Å²) in [5.74, 6) is 1.65. The number of nitrogens with zero attached hydrogens (tertiary/aromatic N) is 5. The van der Waals surface area contributed by atoms with Crippen molar-refractivity contribution in [3.05, 3.63) is 103 Å². The van der Waals surface area contributed by atoms with Crippen molar-refractivity contribution >= 4 is 28.4 Å². The van der Waals surface area contributed by atoms with Crippen molar-refractivity contribution in [2.75, 3.05) is 18.0 Å². The Bertz CT molecular complexity index is 1730. The fourth-order valence-electron chi connectivity index (χ4n) is 5.22. The van der Waals surface area contributed by atoms with Crippen molar-refractivity contribution in [1.82, 2.24) is 29.7 Å². The summed E-state index contributed by atoms with van der Waals surface area (Å²) < 4.78 is 1.98. The lowest BCUT2D eigenvalue weighted by molar-refractivity contribution is 0.0931. The molecule has 4 aromatic heterocycles. The molecule has 6 aromatic rings. The van der Waals surface area contributed by atoms with E-state index < -0.39 is 0 Å². The van der Waals surface area contributed by atoms with E-state index in [1.807, 2.05) is 102 Å².